The molecule has 1 aliphatic rings. The highest BCUT2D eigenvalue weighted by Gasteiger charge is 2.27. The Labute approximate surface area is 158 Å². The van der Waals surface area contributed by atoms with Crippen molar-refractivity contribution in [2.45, 2.75) is 43.5 Å². The van der Waals surface area contributed by atoms with Crippen LogP contribution in [0.1, 0.15) is 39.9 Å². The van der Waals surface area contributed by atoms with Crippen molar-refractivity contribution < 1.29 is 23.1 Å². The topological polar surface area (TPSA) is 101 Å². The van der Waals surface area contributed by atoms with Gasteiger partial charge in [-0.3, -0.25) is 9.59 Å². The monoisotopic (exact) mass is 387 g/mol. The number of carbonyl (C=O) groups is 2. The molecule has 0 amide bonds. The molecule has 0 saturated carbocycles. The molecule has 0 aromatic heterocycles. The van der Waals surface area contributed by atoms with E-state index < -0.39 is 16.0 Å². The van der Waals surface area contributed by atoms with E-state index in [1.165, 1.54) is 0 Å². The van der Waals surface area contributed by atoms with Crippen LogP contribution < -0.4 is 4.72 Å². The number of rotatable bonds is 7. The van der Waals surface area contributed by atoms with Gasteiger partial charge in [0.15, 0.2) is 5.78 Å². The van der Waals surface area contributed by atoms with Crippen LogP contribution in [-0.2, 0) is 27.7 Å². The quantitative estimate of drug-likeness (QED) is 0.711. The maximum Gasteiger partial charge on any atom is 0.303 e. The lowest BCUT2D eigenvalue weighted by atomic mass is 10.0. The van der Waals surface area contributed by atoms with Crippen LogP contribution in [0.2, 0.25) is 0 Å². The van der Waals surface area contributed by atoms with E-state index in [0.29, 0.717) is 18.4 Å². The minimum atomic E-state index is -3.60. The molecule has 2 aromatic carbocycles. The van der Waals surface area contributed by atoms with Gasteiger partial charge in [0.25, 0.3) is 0 Å². The third-order valence-electron chi connectivity index (χ3n) is 4.68. The second-order valence-electron chi connectivity index (χ2n) is 6.84. The molecule has 2 aromatic rings. The van der Waals surface area contributed by atoms with E-state index in [1.54, 1.807) is 36.4 Å². The lowest BCUT2D eigenvalue weighted by Crippen LogP contribution is -2.35. The van der Waals surface area contributed by atoms with Crippen LogP contribution in [0.4, 0.5) is 0 Å². The molecule has 3 rings (SSSR count). The summed E-state index contributed by atoms with van der Waals surface area (Å²) in [5.41, 5.74) is 3.38. The first-order valence-electron chi connectivity index (χ1n) is 8.70. The van der Waals surface area contributed by atoms with Gasteiger partial charge in [-0.15, -0.1) is 0 Å². The van der Waals surface area contributed by atoms with Gasteiger partial charge in [-0.1, -0.05) is 29.8 Å². The molecule has 0 saturated heterocycles. The molecular formula is C20H21NO5S. The Morgan fingerprint density at radius 1 is 1.04 bits per heavy atom. The summed E-state index contributed by atoms with van der Waals surface area (Å²) in [6.45, 7) is 1.90. The third-order valence-corrected chi connectivity index (χ3v) is 6.22. The van der Waals surface area contributed by atoms with Crippen LogP contribution in [0.5, 0.6) is 0 Å². The number of benzene rings is 2. The molecule has 27 heavy (non-hydrogen) atoms. The average molecular weight is 387 g/mol. The van der Waals surface area contributed by atoms with Crippen LogP contribution in [-0.4, -0.2) is 31.3 Å². The highest BCUT2D eigenvalue weighted by Crippen LogP contribution is 2.25. The van der Waals surface area contributed by atoms with Gasteiger partial charge < -0.3 is 5.11 Å². The third kappa shape index (κ3) is 4.61. The number of nitrogens with one attached hydrogen (secondary N) is 1. The normalized spacial score (nSPS) is 16.1. The largest absolute Gasteiger partial charge is 0.481 e. The molecule has 0 heterocycles. The predicted octanol–water partition coefficient (Wildman–Crippen LogP) is 2.49. The van der Waals surface area contributed by atoms with Gasteiger partial charge in [0.05, 0.1) is 11.3 Å². The van der Waals surface area contributed by atoms with E-state index in [1.807, 2.05) is 13.0 Å². The van der Waals surface area contributed by atoms with E-state index in [9.17, 15) is 18.0 Å². The number of hydrogen-bond acceptors (Lipinski definition) is 4. The second kappa shape index (κ2) is 7.62. The summed E-state index contributed by atoms with van der Waals surface area (Å²) < 4.78 is 27.8. The summed E-state index contributed by atoms with van der Waals surface area (Å²) in [5.74, 6) is -1.22. The van der Waals surface area contributed by atoms with Crippen molar-refractivity contribution in [1.82, 2.24) is 4.72 Å². The van der Waals surface area contributed by atoms with Gasteiger partial charge in [-0.25, -0.2) is 13.1 Å². The summed E-state index contributed by atoms with van der Waals surface area (Å²) in [5, 5.41) is 8.70. The first-order chi connectivity index (χ1) is 12.7. The van der Waals surface area contributed by atoms with E-state index in [0.717, 1.165) is 16.7 Å². The van der Waals surface area contributed by atoms with E-state index in [-0.39, 0.29) is 29.6 Å². The summed E-state index contributed by atoms with van der Waals surface area (Å²) in [4.78, 5) is 22.9. The number of Topliss-reactive ketones (excluding diaryl/α,β-unsaturated/α-hetero) is 1. The van der Waals surface area contributed by atoms with Crippen molar-refractivity contribution in [1.29, 1.82) is 0 Å². The summed E-state index contributed by atoms with van der Waals surface area (Å²) in [6.07, 6.45) is 0.816. The molecule has 1 aliphatic carbocycles. The SMILES string of the molecule is Cc1ccc(S(=O)(=O)NC2Cc3ccc(C(=O)CCC(=O)O)cc3C2)cc1. The Kier molecular flexibility index (Phi) is 5.43. The number of carboxylic acids is 1. The fourth-order valence-electron chi connectivity index (χ4n) is 3.24. The van der Waals surface area contributed by atoms with E-state index in [2.05, 4.69) is 4.72 Å². The highest BCUT2D eigenvalue weighted by atomic mass is 32.2. The smallest absolute Gasteiger partial charge is 0.303 e. The Morgan fingerprint density at radius 2 is 1.70 bits per heavy atom. The van der Waals surface area contributed by atoms with E-state index >= 15 is 0 Å². The fraction of sp³-hybridized carbons (Fsp3) is 0.300. The average Bonchev–Trinajstić information content (AvgIpc) is 3.00. The zero-order valence-corrected chi connectivity index (χ0v) is 15.8. The number of fused-ring (bicyclic) bond motifs is 1. The lowest BCUT2D eigenvalue weighted by molar-refractivity contribution is -0.136. The highest BCUT2D eigenvalue weighted by molar-refractivity contribution is 7.89. The molecule has 0 bridgehead atoms. The van der Waals surface area contributed by atoms with Crippen molar-refractivity contribution in [3.05, 3.63) is 64.7 Å². The van der Waals surface area contributed by atoms with Crippen molar-refractivity contribution in [3.8, 4) is 0 Å². The molecule has 0 radical (unpaired) electrons. The van der Waals surface area contributed by atoms with E-state index in [4.69, 9.17) is 5.11 Å². The molecule has 0 fully saturated rings. The van der Waals surface area contributed by atoms with Crippen LogP contribution in [0.3, 0.4) is 0 Å². The summed E-state index contributed by atoms with van der Waals surface area (Å²) >= 11 is 0. The van der Waals surface area contributed by atoms with Crippen molar-refractivity contribution in [2.75, 3.05) is 0 Å². The Hall–Kier alpha value is -2.51. The van der Waals surface area contributed by atoms with Gasteiger partial charge in [-0.05, 0) is 49.1 Å². The minimum Gasteiger partial charge on any atom is -0.481 e. The van der Waals surface area contributed by atoms with Crippen LogP contribution in [0.15, 0.2) is 47.4 Å². The maximum absolute atomic E-state index is 12.6. The first kappa shape index (κ1) is 19.3. The number of aryl methyl sites for hydroxylation is 1. The fourth-order valence-corrected chi connectivity index (χ4v) is 4.48. The summed E-state index contributed by atoms with van der Waals surface area (Å²) in [7, 11) is -3.60. The molecule has 142 valence electrons. The second-order valence-corrected chi connectivity index (χ2v) is 8.55. The van der Waals surface area contributed by atoms with Crippen molar-refractivity contribution >= 4 is 21.8 Å². The Bertz CT molecular complexity index is 980. The number of sulfonamides is 1. The maximum atomic E-state index is 12.6. The van der Waals surface area contributed by atoms with Gasteiger partial charge in [0.2, 0.25) is 10.0 Å². The molecule has 0 spiro atoms. The predicted molar refractivity (Wildman–Crippen MR) is 100 cm³/mol. The molecule has 1 atom stereocenters. The molecule has 0 aliphatic heterocycles. The van der Waals surface area contributed by atoms with Gasteiger partial charge >= 0.3 is 5.97 Å². The zero-order valence-electron chi connectivity index (χ0n) is 14.9. The molecule has 6 nitrogen and oxygen atoms in total. The number of aliphatic carboxylic acids is 1. The van der Waals surface area contributed by atoms with Gasteiger partial charge in [0.1, 0.15) is 0 Å². The van der Waals surface area contributed by atoms with Crippen LogP contribution >= 0.6 is 0 Å². The molecule has 7 heteroatoms. The number of ketones is 1. The molecule has 1 unspecified atom stereocenters. The number of carbonyl (C=O) groups excluding carboxylic acids is 1. The first-order valence-corrected chi connectivity index (χ1v) is 10.2. The van der Waals surface area contributed by atoms with Gasteiger partial charge in [0, 0.05) is 18.0 Å². The number of carboxylic acid groups (broad SMARTS) is 1. The van der Waals surface area contributed by atoms with Crippen molar-refractivity contribution in [3.63, 3.8) is 0 Å². The zero-order chi connectivity index (χ0) is 19.6. The van der Waals surface area contributed by atoms with Gasteiger partial charge in [-0.2, -0.15) is 0 Å². The van der Waals surface area contributed by atoms with Crippen molar-refractivity contribution in [2.24, 2.45) is 0 Å². The van der Waals surface area contributed by atoms with Crippen LogP contribution in [0.25, 0.3) is 0 Å². The Morgan fingerprint density at radius 3 is 2.37 bits per heavy atom. The standard InChI is InChI=1S/C20H21NO5S/c1-13-2-6-18(7-3-13)27(25,26)21-17-11-14-4-5-15(10-16(14)12-17)19(22)8-9-20(23)24/h2-7,10,17,21H,8-9,11-12H2,1H3,(H,23,24). The molecule has 2 N–H and O–H groups in total. The van der Waals surface area contributed by atoms with Crippen LogP contribution in [0, 0.1) is 6.92 Å². The Balaban J connectivity index is 1.69. The molecular weight excluding hydrogens is 366 g/mol. The number of hydrogen-bond donors (Lipinski definition) is 2. The minimum absolute atomic E-state index is 0.0440. The lowest BCUT2D eigenvalue weighted by Gasteiger charge is -2.12. The summed E-state index contributed by atoms with van der Waals surface area (Å²) in [6, 6.07) is 11.7.